The number of carboxylic acid groups (broad SMARTS) is 1. The summed E-state index contributed by atoms with van der Waals surface area (Å²) in [5.41, 5.74) is 0. The highest BCUT2D eigenvalue weighted by Gasteiger charge is 2.28. The highest BCUT2D eigenvalue weighted by molar-refractivity contribution is 5.78. The predicted octanol–water partition coefficient (Wildman–Crippen LogP) is 0.308. The number of hydrogen-bond donors (Lipinski definition) is 2. The number of carbonyl (C=O) groups is 2. The Hall–Kier alpha value is -1.10. The molecule has 0 aromatic heterocycles. The normalized spacial score (nSPS) is 23.0. The van der Waals surface area contributed by atoms with Gasteiger partial charge in [0.25, 0.3) is 0 Å². The van der Waals surface area contributed by atoms with E-state index >= 15 is 0 Å². The van der Waals surface area contributed by atoms with Crippen molar-refractivity contribution in [2.24, 2.45) is 5.92 Å². The molecule has 2 atom stereocenters. The molecule has 0 aromatic rings. The summed E-state index contributed by atoms with van der Waals surface area (Å²) in [6, 6.07) is 0.186. The van der Waals surface area contributed by atoms with Gasteiger partial charge in [-0.2, -0.15) is 0 Å². The molecule has 2 N–H and O–H groups in total. The van der Waals surface area contributed by atoms with Crippen LogP contribution in [0, 0.1) is 5.92 Å². The Bertz CT molecular complexity index is 268. The molecule has 0 radical (unpaired) electrons. The van der Waals surface area contributed by atoms with Crippen molar-refractivity contribution in [1.29, 1.82) is 0 Å². The van der Waals surface area contributed by atoms with Gasteiger partial charge in [0, 0.05) is 12.6 Å². The molecule has 0 spiro atoms. The van der Waals surface area contributed by atoms with Gasteiger partial charge >= 0.3 is 5.97 Å². The lowest BCUT2D eigenvalue weighted by Crippen LogP contribution is -2.40. The van der Waals surface area contributed by atoms with Gasteiger partial charge in [0.05, 0.1) is 12.5 Å². The maximum atomic E-state index is 11.5. The van der Waals surface area contributed by atoms with Gasteiger partial charge < -0.3 is 10.4 Å². The number of likely N-dealkylation sites (tertiary alicyclic amines) is 1. The van der Waals surface area contributed by atoms with Crippen LogP contribution in [0.3, 0.4) is 0 Å². The van der Waals surface area contributed by atoms with Gasteiger partial charge in [-0.3, -0.25) is 14.5 Å². The van der Waals surface area contributed by atoms with Gasteiger partial charge in [-0.25, -0.2) is 0 Å². The molecule has 5 heteroatoms. The third-order valence-corrected chi connectivity index (χ3v) is 3.01. The quantitative estimate of drug-likeness (QED) is 0.710. The zero-order valence-corrected chi connectivity index (χ0v) is 9.90. The standard InChI is InChI=1S/C11H20N2O3/c1-3-8(2)12-10(14)7-13-5-4-9(6-13)11(15)16/h8-9H,3-7H2,1-2H3,(H,12,14)(H,15,16)/t8-,9-/m0/s1. The monoisotopic (exact) mass is 228 g/mol. The Kier molecular flexibility index (Phi) is 4.73. The molecule has 0 aromatic carbocycles. The van der Waals surface area contributed by atoms with Crippen molar-refractivity contribution < 1.29 is 14.7 Å². The fraction of sp³-hybridized carbons (Fsp3) is 0.818. The molecule has 0 aliphatic carbocycles. The van der Waals surface area contributed by atoms with Crippen molar-refractivity contribution >= 4 is 11.9 Å². The van der Waals surface area contributed by atoms with Crippen molar-refractivity contribution in [2.45, 2.75) is 32.7 Å². The van der Waals surface area contributed by atoms with E-state index in [-0.39, 0.29) is 17.9 Å². The average Bonchev–Trinajstić information content (AvgIpc) is 2.65. The Morgan fingerprint density at radius 2 is 2.25 bits per heavy atom. The molecule has 5 nitrogen and oxygen atoms in total. The summed E-state index contributed by atoms with van der Waals surface area (Å²) in [6.45, 7) is 5.48. The molecule has 1 aliphatic heterocycles. The predicted molar refractivity (Wildman–Crippen MR) is 60.1 cm³/mol. The van der Waals surface area contributed by atoms with E-state index in [1.54, 1.807) is 0 Å². The van der Waals surface area contributed by atoms with Gasteiger partial charge in [-0.1, -0.05) is 6.92 Å². The molecular weight excluding hydrogens is 208 g/mol. The van der Waals surface area contributed by atoms with Crippen molar-refractivity contribution in [3.05, 3.63) is 0 Å². The van der Waals surface area contributed by atoms with Crippen LogP contribution in [0.4, 0.5) is 0 Å². The minimum absolute atomic E-state index is 0.0135. The van der Waals surface area contributed by atoms with E-state index < -0.39 is 5.97 Å². The maximum absolute atomic E-state index is 11.5. The third-order valence-electron chi connectivity index (χ3n) is 3.01. The fourth-order valence-electron chi connectivity index (χ4n) is 1.80. The molecular formula is C11H20N2O3. The first-order chi connectivity index (χ1) is 7.52. The van der Waals surface area contributed by atoms with Gasteiger partial charge in [0.15, 0.2) is 0 Å². The van der Waals surface area contributed by atoms with Gasteiger partial charge in [0.1, 0.15) is 0 Å². The first kappa shape index (κ1) is 13.0. The molecule has 1 heterocycles. The molecule has 1 rings (SSSR count). The van der Waals surface area contributed by atoms with E-state index in [9.17, 15) is 9.59 Å². The number of aliphatic carboxylic acids is 1. The van der Waals surface area contributed by atoms with Crippen molar-refractivity contribution in [2.75, 3.05) is 19.6 Å². The number of nitrogens with zero attached hydrogens (tertiary/aromatic N) is 1. The van der Waals surface area contributed by atoms with E-state index in [0.717, 1.165) is 6.42 Å². The van der Waals surface area contributed by atoms with Crippen LogP contribution in [0.1, 0.15) is 26.7 Å². The van der Waals surface area contributed by atoms with Gasteiger partial charge in [-0.05, 0) is 26.3 Å². The number of rotatable bonds is 5. The average molecular weight is 228 g/mol. The van der Waals surface area contributed by atoms with Gasteiger partial charge in [0.2, 0.25) is 5.91 Å². The topological polar surface area (TPSA) is 69.6 Å². The van der Waals surface area contributed by atoms with Crippen molar-refractivity contribution in [3.63, 3.8) is 0 Å². The van der Waals surface area contributed by atoms with Crippen LogP contribution in [-0.4, -0.2) is 47.6 Å². The Labute approximate surface area is 95.8 Å². The lowest BCUT2D eigenvalue weighted by molar-refractivity contribution is -0.141. The lowest BCUT2D eigenvalue weighted by atomic mass is 10.1. The van der Waals surface area contributed by atoms with Crippen LogP contribution < -0.4 is 5.32 Å². The highest BCUT2D eigenvalue weighted by Crippen LogP contribution is 2.15. The minimum Gasteiger partial charge on any atom is -0.481 e. The summed E-state index contributed by atoms with van der Waals surface area (Å²) in [5.74, 6) is -1.08. The largest absolute Gasteiger partial charge is 0.481 e. The summed E-state index contributed by atoms with van der Waals surface area (Å²) < 4.78 is 0. The second-order valence-corrected chi connectivity index (χ2v) is 4.44. The number of nitrogens with one attached hydrogen (secondary N) is 1. The van der Waals surface area contributed by atoms with E-state index in [2.05, 4.69) is 5.32 Å². The molecule has 0 saturated carbocycles. The Morgan fingerprint density at radius 3 is 2.75 bits per heavy atom. The van der Waals surface area contributed by atoms with E-state index in [1.807, 2.05) is 18.7 Å². The lowest BCUT2D eigenvalue weighted by Gasteiger charge is -2.17. The summed E-state index contributed by atoms with van der Waals surface area (Å²) in [6.07, 6.45) is 1.55. The molecule has 92 valence electrons. The zero-order valence-electron chi connectivity index (χ0n) is 9.90. The number of carbonyl (C=O) groups excluding carboxylic acids is 1. The molecule has 0 unspecified atom stereocenters. The summed E-state index contributed by atoms with van der Waals surface area (Å²) in [5, 5.41) is 11.7. The smallest absolute Gasteiger partial charge is 0.307 e. The molecule has 1 aliphatic rings. The summed E-state index contributed by atoms with van der Waals surface area (Å²) in [4.78, 5) is 24.2. The minimum atomic E-state index is -0.759. The number of carboxylic acids is 1. The van der Waals surface area contributed by atoms with Crippen molar-refractivity contribution in [1.82, 2.24) is 10.2 Å². The first-order valence-corrected chi connectivity index (χ1v) is 5.77. The summed E-state index contributed by atoms with van der Waals surface area (Å²) >= 11 is 0. The molecule has 1 amide bonds. The summed E-state index contributed by atoms with van der Waals surface area (Å²) in [7, 11) is 0. The highest BCUT2D eigenvalue weighted by atomic mass is 16.4. The van der Waals surface area contributed by atoms with E-state index in [0.29, 0.717) is 26.1 Å². The molecule has 0 bridgehead atoms. The number of hydrogen-bond acceptors (Lipinski definition) is 3. The molecule has 1 saturated heterocycles. The second kappa shape index (κ2) is 5.84. The zero-order chi connectivity index (χ0) is 12.1. The molecule has 1 fully saturated rings. The maximum Gasteiger partial charge on any atom is 0.307 e. The van der Waals surface area contributed by atoms with E-state index in [4.69, 9.17) is 5.11 Å². The number of amides is 1. The van der Waals surface area contributed by atoms with Crippen LogP contribution in [-0.2, 0) is 9.59 Å². The molecule has 16 heavy (non-hydrogen) atoms. The second-order valence-electron chi connectivity index (χ2n) is 4.44. The van der Waals surface area contributed by atoms with Crippen molar-refractivity contribution in [3.8, 4) is 0 Å². The van der Waals surface area contributed by atoms with Crippen LogP contribution in [0.2, 0.25) is 0 Å². The Morgan fingerprint density at radius 1 is 1.56 bits per heavy atom. The third kappa shape index (κ3) is 3.81. The van der Waals surface area contributed by atoms with Crippen LogP contribution in [0.25, 0.3) is 0 Å². The van der Waals surface area contributed by atoms with Crippen LogP contribution in [0.5, 0.6) is 0 Å². The van der Waals surface area contributed by atoms with E-state index in [1.165, 1.54) is 0 Å². The fourth-order valence-corrected chi connectivity index (χ4v) is 1.80. The SMILES string of the molecule is CC[C@H](C)NC(=O)CN1CC[C@H](C(=O)O)C1. The van der Waals surface area contributed by atoms with Crippen LogP contribution in [0.15, 0.2) is 0 Å². The first-order valence-electron chi connectivity index (χ1n) is 5.77. The Balaban J connectivity index is 2.28. The van der Waals surface area contributed by atoms with Gasteiger partial charge in [-0.15, -0.1) is 0 Å². The van der Waals surface area contributed by atoms with Crippen LogP contribution >= 0.6 is 0 Å².